The predicted octanol–water partition coefficient (Wildman–Crippen LogP) is 3.94. The largest absolute Gasteiger partial charge is 0.334 e. The van der Waals surface area contributed by atoms with Crippen molar-refractivity contribution in [1.29, 1.82) is 0 Å². The molecule has 2 N–H and O–H groups in total. The maximum Gasteiger partial charge on any atom is 0.319 e. The maximum atomic E-state index is 11.6. The third-order valence-electron chi connectivity index (χ3n) is 3.41. The van der Waals surface area contributed by atoms with Crippen LogP contribution < -0.4 is 10.6 Å². The summed E-state index contributed by atoms with van der Waals surface area (Å²) in [6.45, 7) is 4.00. The molecule has 0 radical (unpaired) electrons. The molecule has 0 fully saturated rings. The van der Waals surface area contributed by atoms with Crippen LogP contribution >= 0.6 is 0 Å². The van der Waals surface area contributed by atoms with E-state index in [0.29, 0.717) is 6.54 Å². The number of urea groups is 1. The molecule has 0 saturated carbocycles. The minimum absolute atomic E-state index is 0.237. The summed E-state index contributed by atoms with van der Waals surface area (Å²) in [5.74, 6) is 0. The highest BCUT2D eigenvalue weighted by atomic mass is 16.2. The summed E-state index contributed by atoms with van der Waals surface area (Å²) >= 11 is 0. The standard InChI is InChI=1S/C18H17N3O/c1-2-12-19-18(22)20-15-7-9-16(10-8-15)21-13-11-14-5-3-4-6-17(14)21/h2-11,13H,1,12H2,(H2,19,20,22). The number of amides is 2. The lowest BCUT2D eigenvalue weighted by Crippen LogP contribution is -2.28. The smallest absolute Gasteiger partial charge is 0.319 e. The average molecular weight is 291 g/mol. The van der Waals surface area contributed by atoms with Gasteiger partial charge in [-0.3, -0.25) is 0 Å². The number of hydrogen-bond acceptors (Lipinski definition) is 1. The fourth-order valence-electron chi connectivity index (χ4n) is 2.35. The molecule has 1 heterocycles. The van der Waals surface area contributed by atoms with Gasteiger partial charge < -0.3 is 15.2 Å². The summed E-state index contributed by atoms with van der Waals surface area (Å²) in [6, 6.07) is 17.8. The molecule has 4 heteroatoms. The Balaban J connectivity index is 1.79. The average Bonchev–Trinajstić information content (AvgIpc) is 2.98. The number of anilines is 1. The van der Waals surface area contributed by atoms with E-state index in [-0.39, 0.29) is 6.03 Å². The number of nitrogens with one attached hydrogen (secondary N) is 2. The van der Waals surface area contributed by atoms with E-state index in [2.05, 4.69) is 40.0 Å². The molecule has 3 rings (SSSR count). The Kier molecular flexibility index (Phi) is 3.92. The van der Waals surface area contributed by atoms with Gasteiger partial charge in [-0.05, 0) is 41.8 Å². The third-order valence-corrected chi connectivity index (χ3v) is 3.41. The molecule has 0 aliphatic rings. The van der Waals surface area contributed by atoms with Crippen LogP contribution in [0.4, 0.5) is 10.5 Å². The number of hydrogen-bond donors (Lipinski definition) is 2. The normalized spacial score (nSPS) is 10.4. The molecular formula is C18H17N3O. The van der Waals surface area contributed by atoms with E-state index < -0.39 is 0 Å². The van der Waals surface area contributed by atoms with Crippen molar-refractivity contribution in [3.63, 3.8) is 0 Å². The number of benzene rings is 2. The van der Waals surface area contributed by atoms with Crippen molar-refractivity contribution in [3.05, 3.63) is 73.4 Å². The van der Waals surface area contributed by atoms with Crippen molar-refractivity contribution >= 4 is 22.6 Å². The van der Waals surface area contributed by atoms with Crippen LogP contribution in [0, 0.1) is 0 Å². The highest BCUT2D eigenvalue weighted by Crippen LogP contribution is 2.21. The lowest BCUT2D eigenvalue weighted by atomic mass is 10.2. The molecular weight excluding hydrogens is 274 g/mol. The van der Waals surface area contributed by atoms with Gasteiger partial charge in [0, 0.05) is 24.1 Å². The van der Waals surface area contributed by atoms with Crippen LogP contribution in [0.5, 0.6) is 0 Å². The zero-order valence-corrected chi connectivity index (χ0v) is 12.1. The van der Waals surface area contributed by atoms with Crippen molar-refractivity contribution in [3.8, 4) is 5.69 Å². The zero-order chi connectivity index (χ0) is 15.4. The molecule has 0 spiro atoms. The molecule has 0 bridgehead atoms. The second-order valence-electron chi connectivity index (χ2n) is 4.92. The molecule has 2 amide bonds. The number of fused-ring (bicyclic) bond motifs is 1. The first-order valence-electron chi connectivity index (χ1n) is 7.10. The molecule has 1 aromatic heterocycles. The second kappa shape index (κ2) is 6.18. The van der Waals surface area contributed by atoms with E-state index in [4.69, 9.17) is 0 Å². The monoisotopic (exact) mass is 291 g/mol. The highest BCUT2D eigenvalue weighted by molar-refractivity contribution is 5.89. The van der Waals surface area contributed by atoms with Gasteiger partial charge in [0.25, 0.3) is 0 Å². The minimum atomic E-state index is -0.237. The van der Waals surface area contributed by atoms with Crippen LogP contribution in [0.3, 0.4) is 0 Å². The van der Waals surface area contributed by atoms with E-state index in [1.165, 1.54) is 5.39 Å². The van der Waals surface area contributed by atoms with Gasteiger partial charge in [-0.25, -0.2) is 4.79 Å². The van der Waals surface area contributed by atoms with Gasteiger partial charge in [0.1, 0.15) is 0 Å². The SMILES string of the molecule is C=CCNC(=O)Nc1ccc(-n2ccc3ccccc32)cc1. The van der Waals surface area contributed by atoms with Gasteiger partial charge in [0.15, 0.2) is 0 Å². The van der Waals surface area contributed by atoms with Crippen LogP contribution in [0.1, 0.15) is 0 Å². The Hall–Kier alpha value is -3.01. The molecule has 3 aromatic rings. The highest BCUT2D eigenvalue weighted by Gasteiger charge is 2.04. The summed E-state index contributed by atoms with van der Waals surface area (Å²) in [5, 5.41) is 6.66. The second-order valence-corrected chi connectivity index (χ2v) is 4.92. The number of aromatic nitrogens is 1. The number of nitrogens with zero attached hydrogens (tertiary/aromatic N) is 1. The number of carbonyl (C=O) groups is 1. The van der Waals surface area contributed by atoms with Crippen LogP contribution in [0.2, 0.25) is 0 Å². The summed E-state index contributed by atoms with van der Waals surface area (Å²) in [7, 11) is 0. The lowest BCUT2D eigenvalue weighted by Gasteiger charge is -2.09. The van der Waals surface area contributed by atoms with Gasteiger partial charge in [-0.1, -0.05) is 24.3 Å². The maximum absolute atomic E-state index is 11.6. The van der Waals surface area contributed by atoms with Crippen LogP contribution in [-0.2, 0) is 0 Å². The van der Waals surface area contributed by atoms with Gasteiger partial charge in [-0.2, -0.15) is 0 Å². The Labute approximate surface area is 129 Å². The van der Waals surface area contributed by atoms with Gasteiger partial charge in [-0.15, -0.1) is 6.58 Å². The molecule has 0 saturated heterocycles. The van der Waals surface area contributed by atoms with Crippen LogP contribution in [0.25, 0.3) is 16.6 Å². The summed E-state index contributed by atoms with van der Waals surface area (Å²) in [5.41, 5.74) is 2.96. The van der Waals surface area contributed by atoms with Crippen molar-refractivity contribution in [1.82, 2.24) is 9.88 Å². The fourth-order valence-corrected chi connectivity index (χ4v) is 2.35. The predicted molar refractivity (Wildman–Crippen MR) is 90.5 cm³/mol. The summed E-state index contributed by atoms with van der Waals surface area (Å²) in [6.07, 6.45) is 3.68. The Morgan fingerprint density at radius 2 is 1.86 bits per heavy atom. The molecule has 110 valence electrons. The molecule has 4 nitrogen and oxygen atoms in total. The Bertz CT molecular complexity index is 803. The molecule has 0 atom stereocenters. The van der Waals surface area contributed by atoms with Gasteiger partial charge >= 0.3 is 6.03 Å². The fraction of sp³-hybridized carbons (Fsp3) is 0.0556. The Morgan fingerprint density at radius 1 is 1.09 bits per heavy atom. The molecule has 0 unspecified atom stereocenters. The van der Waals surface area contributed by atoms with Crippen molar-refractivity contribution in [2.75, 3.05) is 11.9 Å². The third kappa shape index (κ3) is 2.86. The Morgan fingerprint density at radius 3 is 2.64 bits per heavy atom. The van der Waals surface area contributed by atoms with E-state index in [1.54, 1.807) is 6.08 Å². The molecule has 2 aromatic carbocycles. The summed E-state index contributed by atoms with van der Waals surface area (Å²) < 4.78 is 2.12. The first-order valence-corrected chi connectivity index (χ1v) is 7.10. The van der Waals surface area contributed by atoms with Crippen molar-refractivity contribution < 1.29 is 4.79 Å². The first kappa shape index (κ1) is 13.9. The quantitative estimate of drug-likeness (QED) is 0.703. The molecule has 0 aliphatic heterocycles. The number of rotatable bonds is 4. The van der Waals surface area contributed by atoms with E-state index >= 15 is 0 Å². The molecule has 0 aliphatic carbocycles. The van der Waals surface area contributed by atoms with Crippen molar-refractivity contribution in [2.45, 2.75) is 0 Å². The first-order chi connectivity index (χ1) is 10.8. The molecule has 22 heavy (non-hydrogen) atoms. The lowest BCUT2D eigenvalue weighted by molar-refractivity contribution is 0.253. The number of carbonyl (C=O) groups excluding carboxylic acids is 1. The minimum Gasteiger partial charge on any atom is -0.334 e. The van der Waals surface area contributed by atoms with E-state index in [0.717, 1.165) is 16.9 Å². The van der Waals surface area contributed by atoms with Gasteiger partial charge in [0.05, 0.1) is 5.52 Å². The van der Waals surface area contributed by atoms with Crippen LogP contribution in [0.15, 0.2) is 73.4 Å². The summed E-state index contributed by atoms with van der Waals surface area (Å²) in [4.78, 5) is 11.6. The van der Waals surface area contributed by atoms with Gasteiger partial charge in [0.2, 0.25) is 0 Å². The number of para-hydroxylation sites is 1. The van der Waals surface area contributed by atoms with E-state index in [1.807, 2.05) is 42.6 Å². The topological polar surface area (TPSA) is 46.1 Å². The van der Waals surface area contributed by atoms with Crippen molar-refractivity contribution in [2.24, 2.45) is 0 Å². The zero-order valence-electron chi connectivity index (χ0n) is 12.1. The van der Waals surface area contributed by atoms with E-state index in [9.17, 15) is 4.79 Å². The van der Waals surface area contributed by atoms with Crippen LogP contribution in [-0.4, -0.2) is 17.1 Å².